The van der Waals surface area contributed by atoms with Gasteiger partial charge in [0.1, 0.15) is 0 Å². The Bertz CT molecular complexity index is 643. The molecule has 34 heavy (non-hydrogen) atoms. The van der Waals surface area contributed by atoms with E-state index in [2.05, 4.69) is 31.4 Å². The normalized spacial score (nSPS) is 26.3. The van der Waals surface area contributed by atoms with Crippen LogP contribution < -0.4 is 15.5 Å². The zero-order chi connectivity index (χ0) is 23.4. The molecular weight excluding hydrogens is 442 g/mol. The number of halogens is 1. The Labute approximate surface area is 213 Å². The molecule has 0 spiro atoms. The van der Waals surface area contributed by atoms with Crippen LogP contribution in [0.15, 0.2) is 24.3 Å². The van der Waals surface area contributed by atoms with Gasteiger partial charge in [0.15, 0.2) is 0 Å². The third kappa shape index (κ3) is 8.37. The number of hydrogen-bond donors (Lipinski definition) is 2. The fraction of sp³-hybridized carbons (Fsp3) is 0.786. The summed E-state index contributed by atoms with van der Waals surface area (Å²) in [5, 5.41) is 7.71. The third-order valence-electron chi connectivity index (χ3n) is 8.13. The highest BCUT2D eigenvalue weighted by Gasteiger charge is 2.24. The van der Waals surface area contributed by atoms with Gasteiger partial charge in [0.2, 0.25) is 0 Å². The molecule has 1 saturated carbocycles. The molecule has 1 unspecified atom stereocenters. The Morgan fingerprint density at radius 3 is 2.06 bits per heavy atom. The highest BCUT2D eigenvalue weighted by molar-refractivity contribution is 6.33. The van der Waals surface area contributed by atoms with Gasteiger partial charge in [-0.05, 0) is 96.2 Å². The summed E-state index contributed by atoms with van der Waals surface area (Å²) in [6.45, 7) is 12.2. The summed E-state index contributed by atoms with van der Waals surface area (Å²) < 4.78 is 0. The summed E-state index contributed by atoms with van der Waals surface area (Å²) >= 11 is 6.10. The number of para-hydroxylation sites is 1. The quantitative estimate of drug-likeness (QED) is 0.645. The number of hydrogen-bond acceptors (Lipinski definition) is 5. The van der Waals surface area contributed by atoms with Crippen LogP contribution in [0, 0.1) is 0 Å². The topological polar surface area (TPSA) is 33.8 Å². The van der Waals surface area contributed by atoms with E-state index in [9.17, 15) is 0 Å². The van der Waals surface area contributed by atoms with Crippen LogP contribution in [0.2, 0.25) is 5.02 Å². The van der Waals surface area contributed by atoms with E-state index in [1.165, 1.54) is 103 Å². The number of nitrogens with zero attached hydrogens (tertiary/aromatic N) is 3. The van der Waals surface area contributed by atoms with Crippen LogP contribution in [0.5, 0.6) is 0 Å². The average Bonchev–Trinajstić information content (AvgIpc) is 3.70. The molecule has 192 valence electrons. The van der Waals surface area contributed by atoms with Gasteiger partial charge in [-0.25, -0.2) is 0 Å². The molecule has 4 aliphatic heterocycles. The van der Waals surface area contributed by atoms with Crippen molar-refractivity contribution in [3.63, 3.8) is 0 Å². The minimum Gasteiger partial charge on any atom is -0.368 e. The molecule has 1 aliphatic carbocycles. The molecule has 6 heteroatoms. The van der Waals surface area contributed by atoms with E-state index in [0.29, 0.717) is 0 Å². The van der Waals surface area contributed by atoms with Crippen molar-refractivity contribution in [1.82, 2.24) is 20.4 Å². The first-order valence-electron chi connectivity index (χ1n) is 14.2. The second kappa shape index (κ2) is 14.6. The zero-order valence-electron chi connectivity index (χ0n) is 21.3. The summed E-state index contributed by atoms with van der Waals surface area (Å²) in [6.07, 6.45) is 14.5. The Morgan fingerprint density at radius 1 is 0.735 bits per heavy atom. The van der Waals surface area contributed by atoms with Gasteiger partial charge in [-0.1, -0.05) is 36.6 Å². The third-order valence-corrected chi connectivity index (χ3v) is 8.45. The van der Waals surface area contributed by atoms with Crippen molar-refractivity contribution < 1.29 is 0 Å². The molecule has 4 saturated heterocycles. The lowest BCUT2D eigenvalue weighted by molar-refractivity contribution is 0.246. The molecule has 0 amide bonds. The van der Waals surface area contributed by atoms with Gasteiger partial charge in [0.25, 0.3) is 0 Å². The molecule has 1 atom stereocenters. The smallest absolute Gasteiger partial charge is 0.0639 e. The van der Waals surface area contributed by atoms with Crippen LogP contribution in [-0.4, -0.2) is 87.3 Å². The van der Waals surface area contributed by atoms with Crippen molar-refractivity contribution in [2.45, 2.75) is 76.3 Å². The molecule has 5 fully saturated rings. The fourth-order valence-electron chi connectivity index (χ4n) is 6.18. The zero-order valence-corrected chi connectivity index (χ0v) is 22.1. The van der Waals surface area contributed by atoms with Gasteiger partial charge in [-0.3, -0.25) is 0 Å². The molecule has 4 heterocycles. The molecule has 1 aromatic carbocycles. The van der Waals surface area contributed by atoms with Crippen LogP contribution in [0.4, 0.5) is 5.69 Å². The predicted molar refractivity (Wildman–Crippen MR) is 146 cm³/mol. The molecular formula is C28H48ClN5. The Kier molecular flexibility index (Phi) is 11.3. The molecule has 0 radical (unpaired) electrons. The molecule has 6 rings (SSSR count). The summed E-state index contributed by atoms with van der Waals surface area (Å²) in [6, 6.07) is 9.82. The highest BCUT2D eigenvalue weighted by Crippen LogP contribution is 2.26. The lowest BCUT2D eigenvalue weighted by Crippen LogP contribution is -2.43. The maximum Gasteiger partial charge on any atom is 0.0639 e. The van der Waals surface area contributed by atoms with E-state index >= 15 is 0 Å². The Morgan fingerprint density at radius 2 is 1.41 bits per heavy atom. The monoisotopic (exact) mass is 489 g/mol. The van der Waals surface area contributed by atoms with Crippen molar-refractivity contribution in [1.29, 1.82) is 0 Å². The van der Waals surface area contributed by atoms with Crippen LogP contribution in [-0.2, 0) is 0 Å². The summed E-state index contributed by atoms with van der Waals surface area (Å²) in [5.41, 5.74) is 1.16. The average molecular weight is 490 g/mol. The van der Waals surface area contributed by atoms with Crippen molar-refractivity contribution >= 4 is 17.3 Å². The first-order chi connectivity index (χ1) is 16.8. The van der Waals surface area contributed by atoms with E-state index in [-0.39, 0.29) is 0 Å². The van der Waals surface area contributed by atoms with Crippen molar-refractivity contribution in [3.05, 3.63) is 29.3 Å². The van der Waals surface area contributed by atoms with Gasteiger partial charge < -0.3 is 25.3 Å². The van der Waals surface area contributed by atoms with Crippen LogP contribution in [0.25, 0.3) is 0 Å². The van der Waals surface area contributed by atoms with Crippen LogP contribution in [0.3, 0.4) is 0 Å². The lowest BCUT2D eigenvalue weighted by Gasteiger charge is -2.30. The summed E-state index contributed by atoms with van der Waals surface area (Å²) in [4.78, 5) is 7.62. The van der Waals surface area contributed by atoms with Gasteiger partial charge in [-0.15, -0.1) is 0 Å². The summed E-state index contributed by atoms with van der Waals surface area (Å²) in [5.74, 6) is 0. The van der Waals surface area contributed by atoms with Gasteiger partial charge >= 0.3 is 0 Å². The summed E-state index contributed by atoms with van der Waals surface area (Å²) in [7, 11) is 0. The number of benzene rings is 1. The van der Waals surface area contributed by atoms with Crippen LogP contribution in [0.1, 0.15) is 64.2 Å². The van der Waals surface area contributed by atoms with Crippen LogP contribution >= 0.6 is 11.6 Å². The van der Waals surface area contributed by atoms with Gasteiger partial charge in [0, 0.05) is 44.8 Å². The van der Waals surface area contributed by atoms with Crippen molar-refractivity contribution in [2.24, 2.45) is 0 Å². The number of anilines is 1. The minimum atomic E-state index is 0.813. The predicted octanol–water partition coefficient (Wildman–Crippen LogP) is 4.61. The second-order valence-electron chi connectivity index (χ2n) is 10.7. The lowest BCUT2D eigenvalue weighted by atomic mass is 10.2. The fourth-order valence-corrected chi connectivity index (χ4v) is 6.43. The van der Waals surface area contributed by atoms with E-state index in [0.717, 1.165) is 49.0 Å². The second-order valence-corrected chi connectivity index (χ2v) is 11.1. The largest absolute Gasteiger partial charge is 0.368 e. The minimum absolute atomic E-state index is 0.813. The van der Waals surface area contributed by atoms with Crippen molar-refractivity contribution in [3.8, 4) is 0 Å². The Hall–Kier alpha value is -0.850. The molecule has 1 aromatic rings. The number of likely N-dealkylation sites (tertiary alicyclic amines) is 2. The molecule has 5 aliphatic rings. The SMILES string of the molecule is C1CCC(N2CCCC2)C1.C1CNC(CN2CCCC2)C1.Clc1ccccc1N1CCNCC1. The highest BCUT2D eigenvalue weighted by atomic mass is 35.5. The standard InChI is InChI=1S/C10H13ClN2.C9H18N2.C9H17N/c11-9-3-1-2-4-10(9)13-7-5-12-6-8-13;1-2-7-11(6-1)8-9-4-3-5-10-9;1-2-6-9(5-1)10-7-3-4-8-10/h1-4,12H,5-8H2;9-10H,1-8H2;9H,1-8H2. The molecule has 0 aromatic heterocycles. The molecule has 5 nitrogen and oxygen atoms in total. The number of nitrogens with one attached hydrogen (secondary N) is 2. The first-order valence-corrected chi connectivity index (χ1v) is 14.6. The van der Waals surface area contributed by atoms with Gasteiger partial charge in [0.05, 0.1) is 10.7 Å². The Balaban J connectivity index is 0.000000122. The van der Waals surface area contributed by atoms with E-state index in [1.807, 2.05) is 18.2 Å². The molecule has 0 bridgehead atoms. The maximum atomic E-state index is 6.10. The van der Waals surface area contributed by atoms with E-state index in [1.54, 1.807) is 0 Å². The van der Waals surface area contributed by atoms with Crippen molar-refractivity contribution in [2.75, 3.05) is 70.3 Å². The van der Waals surface area contributed by atoms with E-state index < -0.39 is 0 Å². The van der Waals surface area contributed by atoms with E-state index in [4.69, 9.17) is 11.6 Å². The first kappa shape index (κ1) is 26.2. The maximum absolute atomic E-state index is 6.10. The number of rotatable bonds is 4. The van der Waals surface area contributed by atoms with Gasteiger partial charge in [-0.2, -0.15) is 0 Å². The number of piperazine rings is 1. The molecule has 2 N–H and O–H groups in total.